The van der Waals surface area contributed by atoms with Gasteiger partial charge in [0.1, 0.15) is 0 Å². The van der Waals surface area contributed by atoms with E-state index >= 15 is 0 Å². The number of carboxylic acids is 1. The van der Waals surface area contributed by atoms with E-state index in [2.05, 4.69) is 22.7 Å². The van der Waals surface area contributed by atoms with Crippen LogP contribution in [-0.2, 0) is 11.2 Å². The van der Waals surface area contributed by atoms with Crippen molar-refractivity contribution in [3.05, 3.63) is 41.7 Å². The average Bonchev–Trinajstić information content (AvgIpc) is 2.94. The Morgan fingerprint density at radius 3 is 2.80 bits per heavy atom. The molecule has 1 aromatic heterocycles. The first-order valence-corrected chi connectivity index (χ1v) is 8.42. The molecule has 0 atom stereocenters. The molecule has 1 aromatic carbocycles. The summed E-state index contributed by atoms with van der Waals surface area (Å²) in [5, 5.41) is 18.5. The first-order valence-electron chi connectivity index (χ1n) is 8.42. The molecule has 0 radical (unpaired) electrons. The number of aryl methyl sites for hydroxylation is 1. The van der Waals surface area contributed by atoms with Crippen molar-refractivity contribution in [2.45, 2.75) is 39.5 Å². The lowest BCUT2D eigenvalue weighted by Gasteiger charge is -2.11. The van der Waals surface area contributed by atoms with Gasteiger partial charge in [0.15, 0.2) is 0 Å². The largest absolute Gasteiger partial charge is 0.481 e. The molecule has 0 aliphatic heterocycles. The van der Waals surface area contributed by atoms with Crippen LogP contribution in [0.25, 0.3) is 5.69 Å². The van der Waals surface area contributed by atoms with Gasteiger partial charge in [0, 0.05) is 13.0 Å². The fourth-order valence-electron chi connectivity index (χ4n) is 2.55. The standard InChI is InChI=1S/C18H24N4O3/c1-3-6-16-15(21-18(25)19-10-5-9-17(23)24)12-20-22(16)14-8-4-7-13(2)11-14/h4,7-8,11-12H,3,5-6,9-10H2,1-2H3,(H,23,24)(H2,19,21,25). The Bertz CT molecular complexity index is 740. The first kappa shape index (κ1) is 18.5. The van der Waals surface area contributed by atoms with Gasteiger partial charge in [-0.3, -0.25) is 4.79 Å². The van der Waals surface area contributed by atoms with Crippen molar-refractivity contribution in [2.75, 3.05) is 11.9 Å². The van der Waals surface area contributed by atoms with Crippen LogP contribution in [0.5, 0.6) is 0 Å². The molecule has 3 N–H and O–H groups in total. The van der Waals surface area contributed by atoms with E-state index in [1.807, 2.05) is 35.9 Å². The Hall–Kier alpha value is -2.83. The second-order valence-electron chi connectivity index (χ2n) is 5.88. The number of nitrogens with one attached hydrogen (secondary N) is 2. The number of aromatic nitrogens is 2. The number of nitrogens with zero attached hydrogens (tertiary/aromatic N) is 2. The van der Waals surface area contributed by atoms with Crippen molar-refractivity contribution in [3.8, 4) is 5.69 Å². The van der Waals surface area contributed by atoms with Gasteiger partial charge in [-0.25, -0.2) is 9.48 Å². The summed E-state index contributed by atoms with van der Waals surface area (Å²) in [5.74, 6) is -0.869. The van der Waals surface area contributed by atoms with Gasteiger partial charge in [0.05, 0.1) is 23.3 Å². The fraction of sp³-hybridized carbons (Fsp3) is 0.389. The quantitative estimate of drug-likeness (QED) is 0.641. The molecule has 1 heterocycles. The molecule has 0 unspecified atom stereocenters. The molecule has 2 amide bonds. The van der Waals surface area contributed by atoms with Gasteiger partial charge >= 0.3 is 12.0 Å². The summed E-state index contributed by atoms with van der Waals surface area (Å²) in [6.45, 7) is 4.41. The maximum absolute atomic E-state index is 12.0. The van der Waals surface area contributed by atoms with E-state index in [0.717, 1.165) is 29.8 Å². The van der Waals surface area contributed by atoms with Crippen molar-refractivity contribution < 1.29 is 14.7 Å². The number of urea groups is 1. The Labute approximate surface area is 147 Å². The zero-order chi connectivity index (χ0) is 18.2. The molecule has 2 aromatic rings. The van der Waals surface area contributed by atoms with Crippen LogP contribution >= 0.6 is 0 Å². The van der Waals surface area contributed by atoms with E-state index in [1.54, 1.807) is 6.20 Å². The summed E-state index contributed by atoms with van der Waals surface area (Å²) < 4.78 is 1.84. The smallest absolute Gasteiger partial charge is 0.319 e. The Kier molecular flexibility index (Phi) is 6.56. The number of carbonyl (C=O) groups excluding carboxylic acids is 1. The fourth-order valence-corrected chi connectivity index (χ4v) is 2.55. The predicted octanol–water partition coefficient (Wildman–Crippen LogP) is 3.12. The van der Waals surface area contributed by atoms with Crippen LogP contribution in [0.15, 0.2) is 30.5 Å². The molecule has 0 aliphatic rings. The molecule has 0 spiro atoms. The van der Waals surface area contributed by atoms with Crippen LogP contribution in [0.3, 0.4) is 0 Å². The molecule has 25 heavy (non-hydrogen) atoms. The minimum atomic E-state index is -0.869. The summed E-state index contributed by atoms with van der Waals surface area (Å²) in [7, 11) is 0. The molecule has 0 saturated carbocycles. The monoisotopic (exact) mass is 344 g/mol. The van der Waals surface area contributed by atoms with Crippen molar-refractivity contribution >= 4 is 17.7 Å². The molecule has 0 saturated heterocycles. The third-order valence-corrected chi connectivity index (χ3v) is 3.70. The molecular formula is C18H24N4O3. The summed E-state index contributed by atoms with van der Waals surface area (Å²) in [5.41, 5.74) is 3.70. The van der Waals surface area contributed by atoms with Crippen LogP contribution < -0.4 is 10.6 Å². The van der Waals surface area contributed by atoms with Crippen molar-refractivity contribution in [2.24, 2.45) is 0 Å². The molecular weight excluding hydrogens is 320 g/mol. The van der Waals surface area contributed by atoms with Gasteiger partial charge < -0.3 is 15.7 Å². The molecule has 7 heteroatoms. The van der Waals surface area contributed by atoms with Gasteiger partial charge in [-0.15, -0.1) is 0 Å². The van der Waals surface area contributed by atoms with Crippen LogP contribution in [0.1, 0.15) is 37.4 Å². The minimum Gasteiger partial charge on any atom is -0.481 e. The number of anilines is 1. The van der Waals surface area contributed by atoms with E-state index in [-0.39, 0.29) is 12.5 Å². The maximum atomic E-state index is 12.0. The number of carbonyl (C=O) groups is 2. The van der Waals surface area contributed by atoms with Crippen molar-refractivity contribution in [3.63, 3.8) is 0 Å². The molecule has 134 valence electrons. The van der Waals surface area contributed by atoms with E-state index in [0.29, 0.717) is 18.7 Å². The topological polar surface area (TPSA) is 96.2 Å². The molecule has 0 bridgehead atoms. The zero-order valence-electron chi connectivity index (χ0n) is 14.6. The number of aliphatic carboxylic acids is 1. The third kappa shape index (κ3) is 5.34. The van der Waals surface area contributed by atoms with E-state index in [4.69, 9.17) is 5.11 Å². The predicted molar refractivity (Wildman–Crippen MR) is 96.2 cm³/mol. The summed E-state index contributed by atoms with van der Waals surface area (Å²) in [6.07, 6.45) is 3.78. The van der Waals surface area contributed by atoms with Gasteiger partial charge in [-0.1, -0.05) is 25.5 Å². The SMILES string of the molecule is CCCc1c(NC(=O)NCCCC(=O)O)cnn1-c1cccc(C)c1. The Morgan fingerprint density at radius 1 is 1.32 bits per heavy atom. The summed E-state index contributed by atoms with van der Waals surface area (Å²) >= 11 is 0. The number of hydrogen-bond acceptors (Lipinski definition) is 3. The second-order valence-corrected chi connectivity index (χ2v) is 5.88. The Balaban J connectivity index is 2.08. The van der Waals surface area contributed by atoms with Crippen LogP contribution in [0, 0.1) is 6.92 Å². The maximum Gasteiger partial charge on any atom is 0.319 e. The Morgan fingerprint density at radius 2 is 2.12 bits per heavy atom. The van der Waals surface area contributed by atoms with Crippen molar-refractivity contribution in [1.82, 2.24) is 15.1 Å². The van der Waals surface area contributed by atoms with Crippen molar-refractivity contribution in [1.29, 1.82) is 0 Å². The highest BCUT2D eigenvalue weighted by atomic mass is 16.4. The van der Waals surface area contributed by atoms with Gasteiger partial charge in [-0.2, -0.15) is 5.10 Å². The van der Waals surface area contributed by atoms with E-state index in [1.165, 1.54) is 0 Å². The molecule has 0 fully saturated rings. The first-order chi connectivity index (χ1) is 12.0. The van der Waals surface area contributed by atoms with Crippen LogP contribution in [0.4, 0.5) is 10.5 Å². The average molecular weight is 344 g/mol. The molecule has 2 rings (SSSR count). The number of benzene rings is 1. The highest BCUT2D eigenvalue weighted by Crippen LogP contribution is 2.21. The van der Waals surface area contributed by atoms with Gasteiger partial charge in [0.25, 0.3) is 0 Å². The lowest BCUT2D eigenvalue weighted by atomic mass is 10.2. The summed E-state index contributed by atoms with van der Waals surface area (Å²) in [4.78, 5) is 22.5. The molecule has 0 aliphatic carbocycles. The van der Waals surface area contributed by atoms with E-state index in [9.17, 15) is 9.59 Å². The van der Waals surface area contributed by atoms with Gasteiger partial charge in [0.2, 0.25) is 0 Å². The lowest BCUT2D eigenvalue weighted by Crippen LogP contribution is -2.30. The summed E-state index contributed by atoms with van der Waals surface area (Å²) in [6, 6.07) is 7.67. The van der Waals surface area contributed by atoms with Gasteiger partial charge in [-0.05, 0) is 37.5 Å². The molecule has 7 nitrogen and oxygen atoms in total. The number of hydrogen-bond donors (Lipinski definition) is 3. The second kappa shape index (κ2) is 8.86. The lowest BCUT2D eigenvalue weighted by molar-refractivity contribution is -0.137. The van der Waals surface area contributed by atoms with Crippen LogP contribution in [0.2, 0.25) is 0 Å². The van der Waals surface area contributed by atoms with E-state index < -0.39 is 5.97 Å². The van der Waals surface area contributed by atoms with Crippen LogP contribution in [-0.4, -0.2) is 33.4 Å². The minimum absolute atomic E-state index is 0.0344. The normalized spacial score (nSPS) is 10.5. The third-order valence-electron chi connectivity index (χ3n) is 3.70. The number of carboxylic acid groups (broad SMARTS) is 1. The number of amides is 2. The number of rotatable bonds is 8. The zero-order valence-corrected chi connectivity index (χ0v) is 14.6. The highest BCUT2D eigenvalue weighted by molar-refractivity contribution is 5.89. The highest BCUT2D eigenvalue weighted by Gasteiger charge is 2.14.